The smallest absolute Gasteiger partial charge is 0.410 e. The molecule has 17 heavy (non-hydrogen) atoms. The molecule has 0 aromatic heterocycles. The van der Waals surface area contributed by atoms with Crippen LogP contribution in [0.15, 0.2) is 0 Å². The van der Waals surface area contributed by atoms with Gasteiger partial charge in [-0.3, -0.25) is 0 Å². The quantitative estimate of drug-likeness (QED) is 0.707. The van der Waals surface area contributed by atoms with Gasteiger partial charge in [-0.25, -0.2) is 4.79 Å². The Morgan fingerprint density at radius 3 is 2.47 bits per heavy atom. The normalized spacial score (nSPS) is 27.1. The maximum absolute atomic E-state index is 11.8. The number of carbonyl (C=O) groups excluding carboxylic acids is 1. The minimum atomic E-state index is -0.398. The minimum Gasteiger partial charge on any atom is -0.444 e. The van der Waals surface area contributed by atoms with Crippen molar-refractivity contribution < 1.29 is 14.3 Å². The first-order valence-electron chi connectivity index (χ1n) is 6.34. The van der Waals surface area contributed by atoms with Gasteiger partial charge in [0.2, 0.25) is 0 Å². The summed E-state index contributed by atoms with van der Waals surface area (Å²) in [5, 5.41) is 0. The zero-order valence-corrected chi connectivity index (χ0v) is 11.3. The average molecular weight is 241 g/mol. The molecule has 1 saturated carbocycles. The first-order chi connectivity index (χ1) is 7.84. The van der Waals surface area contributed by atoms with Gasteiger partial charge in [-0.2, -0.15) is 0 Å². The van der Waals surface area contributed by atoms with E-state index in [4.69, 9.17) is 9.47 Å². The van der Waals surface area contributed by atoms with Crippen LogP contribution in [0.4, 0.5) is 4.79 Å². The van der Waals surface area contributed by atoms with Crippen molar-refractivity contribution in [2.75, 3.05) is 20.2 Å². The fraction of sp³-hybridized carbons (Fsp3) is 0.923. The summed E-state index contributed by atoms with van der Waals surface area (Å²) in [7, 11) is 1.77. The van der Waals surface area contributed by atoms with Gasteiger partial charge in [0.1, 0.15) is 5.60 Å². The number of carbonyl (C=O) groups is 1. The van der Waals surface area contributed by atoms with E-state index >= 15 is 0 Å². The van der Waals surface area contributed by atoms with Crippen molar-refractivity contribution in [2.45, 2.75) is 51.7 Å². The minimum absolute atomic E-state index is 0.177. The van der Waals surface area contributed by atoms with Crippen LogP contribution in [0.2, 0.25) is 0 Å². The molecule has 1 atom stereocenters. The molecule has 0 radical (unpaired) electrons. The van der Waals surface area contributed by atoms with Crippen LogP contribution in [0.25, 0.3) is 0 Å². The molecule has 0 N–H and O–H groups in total. The van der Waals surface area contributed by atoms with Crippen LogP contribution in [0.5, 0.6) is 0 Å². The summed E-state index contributed by atoms with van der Waals surface area (Å²) in [6.07, 6.45) is 3.59. The van der Waals surface area contributed by atoms with Gasteiger partial charge in [0.15, 0.2) is 0 Å². The van der Waals surface area contributed by atoms with E-state index in [1.807, 2.05) is 25.7 Å². The summed E-state index contributed by atoms with van der Waals surface area (Å²) in [4.78, 5) is 13.6. The number of rotatable bonds is 1. The lowest BCUT2D eigenvalue weighted by Gasteiger charge is -2.48. The predicted molar refractivity (Wildman–Crippen MR) is 64.9 cm³/mol. The van der Waals surface area contributed by atoms with Gasteiger partial charge < -0.3 is 14.4 Å². The van der Waals surface area contributed by atoms with Crippen molar-refractivity contribution in [1.29, 1.82) is 0 Å². The molecular formula is C13H23NO3. The fourth-order valence-corrected chi connectivity index (χ4v) is 2.86. The Bertz CT molecular complexity index is 302. The van der Waals surface area contributed by atoms with Crippen molar-refractivity contribution in [3.63, 3.8) is 0 Å². The van der Waals surface area contributed by atoms with Crippen molar-refractivity contribution in [1.82, 2.24) is 4.90 Å². The molecule has 1 heterocycles. The van der Waals surface area contributed by atoms with E-state index in [2.05, 4.69) is 0 Å². The van der Waals surface area contributed by atoms with E-state index in [0.717, 1.165) is 25.9 Å². The number of hydrogen-bond acceptors (Lipinski definition) is 3. The third-order valence-corrected chi connectivity index (χ3v) is 3.69. The van der Waals surface area contributed by atoms with E-state index in [1.165, 1.54) is 6.42 Å². The first kappa shape index (κ1) is 12.7. The second-order valence-corrected chi connectivity index (χ2v) is 6.44. The molecule has 1 saturated heterocycles. The number of nitrogens with zero attached hydrogens (tertiary/aromatic N) is 1. The third-order valence-electron chi connectivity index (χ3n) is 3.69. The lowest BCUT2D eigenvalue weighted by molar-refractivity contribution is -0.0376. The molecule has 1 amide bonds. The number of ether oxygens (including phenoxy) is 2. The highest BCUT2D eigenvalue weighted by atomic mass is 16.6. The molecule has 4 nitrogen and oxygen atoms in total. The highest BCUT2D eigenvalue weighted by molar-refractivity contribution is 5.69. The zero-order valence-electron chi connectivity index (χ0n) is 11.3. The first-order valence-corrected chi connectivity index (χ1v) is 6.34. The van der Waals surface area contributed by atoms with E-state index in [-0.39, 0.29) is 6.09 Å². The molecule has 2 rings (SSSR count). The monoisotopic (exact) mass is 241 g/mol. The van der Waals surface area contributed by atoms with Gasteiger partial charge in [0.25, 0.3) is 0 Å². The average Bonchev–Trinajstić information content (AvgIpc) is 2.56. The number of likely N-dealkylation sites (tertiary alicyclic amines) is 1. The van der Waals surface area contributed by atoms with Crippen LogP contribution < -0.4 is 0 Å². The van der Waals surface area contributed by atoms with Gasteiger partial charge >= 0.3 is 6.09 Å². The summed E-state index contributed by atoms with van der Waals surface area (Å²) in [5.41, 5.74) is -0.0812. The van der Waals surface area contributed by atoms with Gasteiger partial charge in [-0.15, -0.1) is 0 Å². The Balaban J connectivity index is 1.81. The Hall–Kier alpha value is -0.770. The fourth-order valence-electron chi connectivity index (χ4n) is 2.86. The van der Waals surface area contributed by atoms with Gasteiger partial charge in [0.05, 0.1) is 6.10 Å². The highest BCUT2D eigenvalue weighted by Gasteiger charge is 2.50. The summed E-state index contributed by atoms with van der Waals surface area (Å²) in [6.45, 7) is 7.37. The lowest BCUT2D eigenvalue weighted by atomic mass is 9.78. The van der Waals surface area contributed by atoms with Crippen LogP contribution in [-0.4, -0.2) is 42.9 Å². The summed E-state index contributed by atoms with van der Waals surface area (Å²) < 4.78 is 10.7. The SMILES string of the molecule is COC1CCC2(C1)CN(C(=O)OC(C)(C)C)C2. The summed E-state index contributed by atoms with van der Waals surface area (Å²) in [5.74, 6) is 0. The molecule has 0 aromatic carbocycles. The second kappa shape index (κ2) is 4.16. The number of amides is 1. The highest BCUT2D eigenvalue weighted by Crippen LogP contribution is 2.46. The predicted octanol–water partition coefficient (Wildman–Crippen LogP) is 2.42. The molecule has 1 aliphatic heterocycles. The Labute approximate surface area is 103 Å². The second-order valence-electron chi connectivity index (χ2n) is 6.44. The molecular weight excluding hydrogens is 218 g/mol. The Morgan fingerprint density at radius 1 is 1.35 bits per heavy atom. The molecule has 1 aliphatic carbocycles. The standard InChI is InChI=1S/C13H23NO3/c1-12(2,3)17-11(15)14-8-13(9-14)6-5-10(7-13)16-4/h10H,5-9H2,1-4H3. The topological polar surface area (TPSA) is 38.8 Å². The maximum atomic E-state index is 11.8. The Kier molecular flexibility index (Phi) is 3.10. The molecule has 2 fully saturated rings. The molecule has 1 spiro atoms. The van der Waals surface area contributed by atoms with Crippen LogP contribution in [-0.2, 0) is 9.47 Å². The molecule has 0 bridgehead atoms. The van der Waals surface area contributed by atoms with Crippen LogP contribution in [0, 0.1) is 5.41 Å². The van der Waals surface area contributed by atoms with Gasteiger partial charge in [0, 0.05) is 25.6 Å². The molecule has 1 unspecified atom stereocenters. The van der Waals surface area contributed by atoms with Crippen LogP contribution in [0.1, 0.15) is 40.0 Å². The van der Waals surface area contributed by atoms with Crippen molar-refractivity contribution in [3.8, 4) is 0 Å². The molecule has 4 heteroatoms. The van der Waals surface area contributed by atoms with E-state index < -0.39 is 5.60 Å². The Morgan fingerprint density at radius 2 is 2.00 bits per heavy atom. The van der Waals surface area contributed by atoms with Gasteiger partial charge in [-0.1, -0.05) is 0 Å². The van der Waals surface area contributed by atoms with Crippen LogP contribution in [0.3, 0.4) is 0 Å². The maximum Gasteiger partial charge on any atom is 0.410 e. The van der Waals surface area contributed by atoms with Crippen molar-refractivity contribution in [2.24, 2.45) is 5.41 Å². The molecule has 0 aromatic rings. The number of hydrogen-bond donors (Lipinski definition) is 0. The summed E-state index contributed by atoms with van der Waals surface area (Å²) in [6, 6.07) is 0. The van der Waals surface area contributed by atoms with E-state index in [9.17, 15) is 4.79 Å². The molecule has 2 aliphatic rings. The van der Waals surface area contributed by atoms with Crippen molar-refractivity contribution in [3.05, 3.63) is 0 Å². The van der Waals surface area contributed by atoms with E-state index in [1.54, 1.807) is 7.11 Å². The number of methoxy groups -OCH3 is 1. The van der Waals surface area contributed by atoms with E-state index in [0.29, 0.717) is 11.5 Å². The van der Waals surface area contributed by atoms with Crippen LogP contribution >= 0.6 is 0 Å². The zero-order chi connectivity index (χ0) is 12.7. The molecule has 98 valence electrons. The van der Waals surface area contributed by atoms with Crippen molar-refractivity contribution >= 4 is 6.09 Å². The largest absolute Gasteiger partial charge is 0.444 e. The summed E-state index contributed by atoms with van der Waals surface area (Å²) >= 11 is 0. The van der Waals surface area contributed by atoms with Gasteiger partial charge in [-0.05, 0) is 40.0 Å². The lowest BCUT2D eigenvalue weighted by Crippen LogP contribution is -2.58. The third kappa shape index (κ3) is 2.73.